The molecule has 0 saturated heterocycles. The fourth-order valence-corrected chi connectivity index (χ4v) is 3.31. The first-order chi connectivity index (χ1) is 6.03. The van der Waals surface area contributed by atoms with Crippen LogP contribution in [-0.4, -0.2) is 11.4 Å². The van der Waals surface area contributed by atoms with Crippen molar-refractivity contribution in [3.8, 4) is 0 Å². The highest BCUT2D eigenvalue weighted by Gasteiger charge is 2.12. The predicted octanol–water partition coefficient (Wildman–Crippen LogP) is 3.51. The average Bonchev–Trinajstić information content (AvgIpc) is 2.02. The number of rotatable bonds is 2. The number of hydrogen-bond acceptors (Lipinski definition) is 1. The second-order valence-electron chi connectivity index (χ2n) is 4.08. The second kappa shape index (κ2) is 4.48. The van der Waals surface area contributed by atoms with Crippen molar-refractivity contribution < 1.29 is 0 Å². The molecule has 0 aliphatic rings. The van der Waals surface area contributed by atoms with Crippen molar-refractivity contribution >= 4 is 25.6 Å². The Kier molecular flexibility index (Phi) is 3.82. The Balaban J connectivity index is 2.87. The van der Waals surface area contributed by atoms with Crippen molar-refractivity contribution in [1.82, 2.24) is 0 Å². The molecule has 1 rings (SSSR count). The van der Waals surface area contributed by atoms with Gasteiger partial charge < -0.3 is 0 Å². The van der Waals surface area contributed by atoms with Crippen molar-refractivity contribution in [2.45, 2.75) is 30.8 Å². The first-order valence-corrected chi connectivity index (χ1v) is 6.66. The fourth-order valence-electron chi connectivity index (χ4n) is 1.15. The van der Waals surface area contributed by atoms with Crippen molar-refractivity contribution in [2.75, 3.05) is 6.26 Å². The molecule has 2 heteroatoms. The van der Waals surface area contributed by atoms with Crippen LogP contribution in [0.5, 0.6) is 0 Å². The zero-order chi connectivity index (χ0) is 9.90. The van der Waals surface area contributed by atoms with E-state index >= 15 is 0 Å². The molecule has 0 bridgehead atoms. The van der Waals surface area contributed by atoms with Gasteiger partial charge in [-0.1, -0.05) is 47.6 Å². The van der Waals surface area contributed by atoms with Crippen molar-refractivity contribution in [3.05, 3.63) is 24.3 Å². The molecule has 0 fully saturated rings. The van der Waals surface area contributed by atoms with Gasteiger partial charge in [-0.15, -0.1) is 11.8 Å². The van der Waals surface area contributed by atoms with Crippen LogP contribution >= 0.6 is 20.3 Å². The molecule has 0 spiro atoms. The van der Waals surface area contributed by atoms with Gasteiger partial charge in [-0.2, -0.15) is 0 Å². The second-order valence-corrected chi connectivity index (χ2v) is 7.21. The zero-order valence-electron chi connectivity index (χ0n) is 8.72. The smallest absolute Gasteiger partial charge is 0.0144 e. The lowest BCUT2D eigenvalue weighted by Gasteiger charge is -2.19. The van der Waals surface area contributed by atoms with Crippen LogP contribution in [0.1, 0.15) is 20.8 Å². The zero-order valence-corrected chi connectivity index (χ0v) is 10.5. The maximum atomic E-state index is 2.29. The van der Waals surface area contributed by atoms with Gasteiger partial charge in [-0.05, 0) is 22.8 Å². The summed E-state index contributed by atoms with van der Waals surface area (Å²) in [6, 6.07) is 8.70. The molecule has 0 amide bonds. The van der Waals surface area contributed by atoms with E-state index in [0.29, 0.717) is 5.16 Å². The van der Waals surface area contributed by atoms with E-state index in [1.807, 2.05) is 11.8 Å². The highest BCUT2D eigenvalue weighted by molar-refractivity contribution is 7.99. The molecule has 1 unspecified atom stereocenters. The van der Waals surface area contributed by atoms with Crippen LogP contribution in [0.3, 0.4) is 0 Å². The average molecular weight is 212 g/mol. The Morgan fingerprint density at radius 1 is 1.15 bits per heavy atom. The van der Waals surface area contributed by atoms with Crippen LogP contribution in [0.2, 0.25) is 0 Å². The van der Waals surface area contributed by atoms with Gasteiger partial charge in [0.05, 0.1) is 0 Å². The third kappa shape index (κ3) is 3.70. The Labute approximate surface area is 87.3 Å². The SMILES string of the molecule is CSc1ccccc1PC(C)(C)C. The van der Waals surface area contributed by atoms with Gasteiger partial charge in [0, 0.05) is 4.90 Å². The first kappa shape index (κ1) is 11.1. The molecule has 0 aliphatic carbocycles. The fraction of sp³-hybridized carbons (Fsp3) is 0.455. The minimum Gasteiger partial charge on any atom is -0.129 e. The van der Waals surface area contributed by atoms with Gasteiger partial charge in [0.25, 0.3) is 0 Å². The van der Waals surface area contributed by atoms with E-state index in [9.17, 15) is 0 Å². The molecule has 0 nitrogen and oxygen atoms in total. The van der Waals surface area contributed by atoms with Crippen molar-refractivity contribution in [2.24, 2.45) is 0 Å². The van der Waals surface area contributed by atoms with E-state index in [1.165, 1.54) is 10.2 Å². The quantitative estimate of drug-likeness (QED) is 0.534. The maximum absolute atomic E-state index is 2.29. The van der Waals surface area contributed by atoms with Gasteiger partial charge in [-0.25, -0.2) is 0 Å². The van der Waals surface area contributed by atoms with E-state index in [4.69, 9.17) is 0 Å². The van der Waals surface area contributed by atoms with E-state index in [-0.39, 0.29) is 0 Å². The Bertz CT molecular complexity index is 276. The summed E-state index contributed by atoms with van der Waals surface area (Å²) in [7, 11) is 0.899. The van der Waals surface area contributed by atoms with Crippen LogP contribution in [0.15, 0.2) is 29.2 Å². The number of hydrogen-bond donors (Lipinski definition) is 0. The standard InChI is InChI=1S/C11H17PS/c1-11(2,3)12-9-7-5-6-8-10(9)13-4/h5-8,12H,1-4H3. The molecule has 0 N–H and O–H groups in total. The van der Waals surface area contributed by atoms with Crippen LogP contribution in [-0.2, 0) is 0 Å². The lowest BCUT2D eigenvalue weighted by atomic mass is 10.3. The van der Waals surface area contributed by atoms with Crippen molar-refractivity contribution in [1.29, 1.82) is 0 Å². The summed E-state index contributed by atoms with van der Waals surface area (Å²) in [4.78, 5) is 1.43. The third-order valence-electron chi connectivity index (χ3n) is 1.62. The van der Waals surface area contributed by atoms with E-state index in [2.05, 4.69) is 51.3 Å². The molecule has 1 aromatic carbocycles. The largest absolute Gasteiger partial charge is 0.129 e. The summed E-state index contributed by atoms with van der Waals surface area (Å²) in [5, 5.41) is 1.91. The predicted molar refractivity (Wildman–Crippen MR) is 65.9 cm³/mol. The minimum absolute atomic E-state index is 0.409. The van der Waals surface area contributed by atoms with Gasteiger partial charge in [0.2, 0.25) is 0 Å². The molecule has 0 aliphatic heterocycles. The number of benzene rings is 1. The molecule has 1 atom stereocenters. The molecule has 13 heavy (non-hydrogen) atoms. The van der Waals surface area contributed by atoms with Crippen molar-refractivity contribution in [3.63, 3.8) is 0 Å². The highest BCUT2D eigenvalue weighted by atomic mass is 32.2. The molecule has 72 valence electrons. The molecule has 1 aromatic rings. The van der Waals surface area contributed by atoms with E-state index in [0.717, 1.165) is 8.58 Å². The highest BCUT2D eigenvalue weighted by Crippen LogP contribution is 2.32. The lowest BCUT2D eigenvalue weighted by Crippen LogP contribution is -2.12. The third-order valence-corrected chi connectivity index (χ3v) is 4.05. The molecule has 0 saturated carbocycles. The van der Waals surface area contributed by atoms with Gasteiger partial charge in [0.1, 0.15) is 0 Å². The van der Waals surface area contributed by atoms with E-state index in [1.54, 1.807) is 0 Å². The molecule has 0 aromatic heterocycles. The topological polar surface area (TPSA) is 0 Å². The normalized spacial score (nSPS) is 12.6. The maximum Gasteiger partial charge on any atom is 0.0144 e. The van der Waals surface area contributed by atoms with Crippen LogP contribution in [0, 0.1) is 0 Å². The van der Waals surface area contributed by atoms with Gasteiger partial charge in [0.15, 0.2) is 0 Å². The Hall–Kier alpha value is -0.0000000000000000555. The Morgan fingerprint density at radius 2 is 1.77 bits per heavy atom. The summed E-state index contributed by atoms with van der Waals surface area (Å²) in [5.74, 6) is 0. The summed E-state index contributed by atoms with van der Waals surface area (Å²) >= 11 is 1.84. The van der Waals surface area contributed by atoms with Crippen LogP contribution in [0.25, 0.3) is 0 Å². The molecule has 0 heterocycles. The molecular weight excluding hydrogens is 195 g/mol. The monoisotopic (exact) mass is 212 g/mol. The van der Waals surface area contributed by atoms with Crippen LogP contribution in [0.4, 0.5) is 0 Å². The Morgan fingerprint density at radius 3 is 2.31 bits per heavy atom. The first-order valence-electron chi connectivity index (χ1n) is 4.44. The summed E-state index contributed by atoms with van der Waals surface area (Å²) in [5.41, 5.74) is 0. The van der Waals surface area contributed by atoms with Crippen LogP contribution < -0.4 is 5.30 Å². The summed E-state index contributed by atoms with van der Waals surface area (Å²) < 4.78 is 0. The molecule has 0 radical (unpaired) electrons. The summed E-state index contributed by atoms with van der Waals surface area (Å²) in [6.07, 6.45) is 2.14. The minimum atomic E-state index is 0.409. The number of thioether (sulfide) groups is 1. The van der Waals surface area contributed by atoms with E-state index < -0.39 is 0 Å². The summed E-state index contributed by atoms with van der Waals surface area (Å²) in [6.45, 7) is 6.88. The van der Waals surface area contributed by atoms with Gasteiger partial charge in [-0.3, -0.25) is 0 Å². The molecular formula is C11H17PS. The van der Waals surface area contributed by atoms with Gasteiger partial charge >= 0.3 is 0 Å². The lowest BCUT2D eigenvalue weighted by molar-refractivity contribution is 0.799.